The van der Waals surface area contributed by atoms with Crippen LogP contribution in [0.3, 0.4) is 0 Å². The molecule has 0 bridgehead atoms. The van der Waals surface area contributed by atoms with Gasteiger partial charge in [-0.05, 0) is 25.7 Å². The first-order valence-corrected chi connectivity index (χ1v) is 8.09. The van der Waals surface area contributed by atoms with E-state index in [2.05, 4.69) is 27.7 Å². The van der Waals surface area contributed by atoms with E-state index in [0.717, 1.165) is 51.4 Å². The molecule has 0 amide bonds. The Morgan fingerprint density at radius 1 is 0.429 bits per heavy atom. The zero-order valence-electron chi connectivity index (χ0n) is 14.7. The van der Waals surface area contributed by atoms with Crippen LogP contribution in [0.15, 0.2) is 0 Å². The van der Waals surface area contributed by atoms with Gasteiger partial charge in [-0.3, -0.25) is 0 Å². The average Bonchev–Trinajstić information content (AvgIpc) is 2.44. The predicted octanol–water partition coefficient (Wildman–Crippen LogP) is 3.11. The van der Waals surface area contributed by atoms with Crippen molar-refractivity contribution < 1.29 is 42.8 Å². The Kier molecular flexibility index (Phi) is 78.9. The molecule has 133 valence electrons. The molecule has 0 aliphatic rings. The molecular formula is C16H40O4Ta. The van der Waals surface area contributed by atoms with Crippen molar-refractivity contribution in [2.45, 2.75) is 79.1 Å². The number of rotatable bonds is 8. The van der Waals surface area contributed by atoms with E-state index in [1.54, 1.807) is 0 Å². The van der Waals surface area contributed by atoms with Gasteiger partial charge in [-0.2, -0.15) is 0 Å². The Morgan fingerprint density at radius 2 is 0.571 bits per heavy atom. The predicted molar refractivity (Wildman–Crippen MR) is 88.0 cm³/mol. The van der Waals surface area contributed by atoms with Crippen LogP contribution in [0.4, 0.5) is 0 Å². The van der Waals surface area contributed by atoms with Crippen LogP contribution in [0, 0.1) is 0 Å². The molecule has 0 heterocycles. The first-order valence-electron chi connectivity index (χ1n) is 8.09. The quantitative estimate of drug-likeness (QED) is 0.433. The number of hydrogen-bond acceptors (Lipinski definition) is 4. The van der Waals surface area contributed by atoms with Crippen molar-refractivity contribution in [1.29, 1.82) is 0 Å². The van der Waals surface area contributed by atoms with Crippen LogP contribution in [0.1, 0.15) is 79.1 Å². The van der Waals surface area contributed by atoms with Crippen molar-refractivity contribution in [2.24, 2.45) is 0 Å². The summed E-state index contributed by atoms with van der Waals surface area (Å²) < 4.78 is 0. The maximum absolute atomic E-state index is 8.07. The van der Waals surface area contributed by atoms with Crippen molar-refractivity contribution >= 4 is 0 Å². The van der Waals surface area contributed by atoms with Gasteiger partial charge < -0.3 is 20.4 Å². The first kappa shape index (κ1) is 33.2. The fourth-order valence-electron chi connectivity index (χ4n) is 0.632. The molecular weight excluding hydrogens is 437 g/mol. The monoisotopic (exact) mass is 477 g/mol. The fourth-order valence-corrected chi connectivity index (χ4v) is 0.632. The summed E-state index contributed by atoms with van der Waals surface area (Å²) >= 11 is 0. The summed E-state index contributed by atoms with van der Waals surface area (Å²) in [7, 11) is 0. The van der Waals surface area contributed by atoms with E-state index >= 15 is 0 Å². The molecule has 0 saturated carbocycles. The molecule has 0 rings (SSSR count). The molecule has 0 aromatic rings. The van der Waals surface area contributed by atoms with Crippen molar-refractivity contribution in [3.05, 3.63) is 0 Å². The van der Waals surface area contributed by atoms with Crippen LogP contribution in [-0.4, -0.2) is 46.9 Å². The molecule has 4 nitrogen and oxygen atoms in total. The van der Waals surface area contributed by atoms with Gasteiger partial charge in [-0.25, -0.2) is 0 Å². The van der Waals surface area contributed by atoms with Crippen molar-refractivity contribution in [1.82, 2.24) is 0 Å². The third kappa shape index (κ3) is 96.5. The Labute approximate surface area is 148 Å². The van der Waals surface area contributed by atoms with E-state index in [1.807, 2.05) is 0 Å². The van der Waals surface area contributed by atoms with Crippen LogP contribution in [0.5, 0.6) is 0 Å². The van der Waals surface area contributed by atoms with Gasteiger partial charge in [0.15, 0.2) is 0 Å². The molecule has 0 atom stereocenters. The Hall–Kier alpha value is 0.580. The van der Waals surface area contributed by atoms with E-state index in [0.29, 0.717) is 26.4 Å². The normalized spacial score (nSPS) is 8.00. The molecule has 0 aliphatic carbocycles. The zero-order chi connectivity index (χ0) is 16.5. The number of aliphatic hydroxyl groups excluding tert-OH is 4. The zero-order valence-corrected chi connectivity index (χ0v) is 17.9. The first-order chi connectivity index (χ1) is 9.66. The summed E-state index contributed by atoms with van der Waals surface area (Å²) in [4.78, 5) is 0. The Morgan fingerprint density at radius 3 is 0.571 bits per heavy atom. The third-order valence-electron chi connectivity index (χ3n) is 2.05. The van der Waals surface area contributed by atoms with Gasteiger partial charge in [0, 0.05) is 48.8 Å². The number of unbranched alkanes of at least 4 members (excludes halogenated alkanes) is 4. The fraction of sp³-hybridized carbons (Fsp3) is 1.00. The molecule has 0 unspecified atom stereocenters. The van der Waals surface area contributed by atoms with Gasteiger partial charge in [0.25, 0.3) is 0 Å². The minimum Gasteiger partial charge on any atom is -0.396 e. The minimum atomic E-state index is 0. The molecule has 0 fully saturated rings. The summed E-state index contributed by atoms with van der Waals surface area (Å²) in [5, 5.41) is 32.3. The van der Waals surface area contributed by atoms with Gasteiger partial charge >= 0.3 is 0 Å². The van der Waals surface area contributed by atoms with Crippen LogP contribution < -0.4 is 0 Å². The molecule has 4 N–H and O–H groups in total. The van der Waals surface area contributed by atoms with Crippen molar-refractivity contribution in [3.8, 4) is 0 Å². The molecule has 0 aromatic heterocycles. The topological polar surface area (TPSA) is 80.9 Å². The second-order valence-electron chi connectivity index (χ2n) is 4.31. The molecule has 21 heavy (non-hydrogen) atoms. The molecule has 5 heteroatoms. The van der Waals surface area contributed by atoms with Crippen LogP contribution >= 0.6 is 0 Å². The summed E-state index contributed by atoms with van der Waals surface area (Å²) in [5.41, 5.74) is 0. The minimum absolute atomic E-state index is 0. The second-order valence-corrected chi connectivity index (χ2v) is 4.31. The molecule has 0 aromatic carbocycles. The number of aliphatic hydroxyl groups is 4. The van der Waals surface area contributed by atoms with E-state index in [9.17, 15) is 0 Å². The largest absolute Gasteiger partial charge is 0.396 e. The van der Waals surface area contributed by atoms with E-state index < -0.39 is 0 Å². The van der Waals surface area contributed by atoms with Gasteiger partial charge in [0.2, 0.25) is 0 Å². The van der Waals surface area contributed by atoms with Crippen LogP contribution in [-0.2, 0) is 22.4 Å². The Bertz CT molecular complexity index is 74.3. The SMILES string of the molecule is CCCCO.CCCCO.CCCCO.CCCCO.[Ta]. The smallest absolute Gasteiger partial charge is 0.0430 e. The molecule has 0 spiro atoms. The van der Waals surface area contributed by atoms with Gasteiger partial charge in [-0.1, -0.05) is 53.4 Å². The van der Waals surface area contributed by atoms with Crippen molar-refractivity contribution in [3.63, 3.8) is 0 Å². The standard InChI is InChI=1S/4C4H10O.Ta/c4*1-2-3-4-5;/h4*5H,2-4H2,1H3;. The van der Waals surface area contributed by atoms with Gasteiger partial charge in [0.05, 0.1) is 0 Å². The van der Waals surface area contributed by atoms with Crippen LogP contribution in [0.25, 0.3) is 0 Å². The van der Waals surface area contributed by atoms with Gasteiger partial charge in [-0.15, -0.1) is 0 Å². The maximum Gasteiger partial charge on any atom is 0.0430 e. The Balaban J connectivity index is -0.0000000533. The molecule has 0 saturated heterocycles. The maximum atomic E-state index is 8.07. The van der Waals surface area contributed by atoms with E-state index in [4.69, 9.17) is 20.4 Å². The third-order valence-corrected chi connectivity index (χ3v) is 2.05. The summed E-state index contributed by atoms with van der Waals surface area (Å²) in [6.45, 7) is 9.58. The molecule has 1 radical (unpaired) electrons. The van der Waals surface area contributed by atoms with E-state index in [-0.39, 0.29) is 22.4 Å². The summed E-state index contributed by atoms with van der Waals surface area (Å²) in [5.74, 6) is 0. The van der Waals surface area contributed by atoms with Gasteiger partial charge in [0.1, 0.15) is 0 Å². The average molecular weight is 477 g/mol. The summed E-state index contributed by atoms with van der Waals surface area (Å²) in [6, 6.07) is 0. The van der Waals surface area contributed by atoms with Crippen LogP contribution in [0.2, 0.25) is 0 Å². The molecule has 0 aliphatic heterocycles. The van der Waals surface area contributed by atoms with E-state index in [1.165, 1.54) is 0 Å². The summed E-state index contributed by atoms with van der Waals surface area (Å²) in [6.07, 6.45) is 8.15. The second kappa shape index (κ2) is 49.9. The number of hydrogen-bond donors (Lipinski definition) is 4. The van der Waals surface area contributed by atoms with Crippen molar-refractivity contribution in [2.75, 3.05) is 26.4 Å².